The fourth-order valence-electron chi connectivity index (χ4n) is 3.41. The highest BCUT2D eigenvalue weighted by Crippen LogP contribution is 2.29. The second kappa shape index (κ2) is 6.93. The zero-order chi connectivity index (χ0) is 19.8. The van der Waals surface area contributed by atoms with Gasteiger partial charge in [-0.2, -0.15) is 0 Å². The number of anilines is 1. The first-order valence-electron chi connectivity index (χ1n) is 9.24. The summed E-state index contributed by atoms with van der Waals surface area (Å²) in [6.07, 6.45) is 4.98. The number of benzene rings is 1. The van der Waals surface area contributed by atoms with Crippen LogP contribution in [0.4, 0.5) is 10.2 Å². The third kappa shape index (κ3) is 2.96. The number of aromatic amines is 1. The molecule has 0 bridgehead atoms. The van der Waals surface area contributed by atoms with Crippen LogP contribution >= 0.6 is 0 Å². The topological polar surface area (TPSA) is 97.2 Å². The van der Waals surface area contributed by atoms with Gasteiger partial charge in [0.2, 0.25) is 0 Å². The Bertz CT molecular complexity index is 1290. The van der Waals surface area contributed by atoms with E-state index in [0.717, 1.165) is 5.69 Å². The van der Waals surface area contributed by atoms with Gasteiger partial charge in [0, 0.05) is 11.8 Å². The summed E-state index contributed by atoms with van der Waals surface area (Å²) in [7, 11) is 0. The summed E-state index contributed by atoms with van der Waals surface area (Å²) in [5.41, 5.74) is 3.30. The first-order chi connectivity index (χ1) is 14.2. The number of para-hydroxylation sites is 1. The number of imidazole rings is 2. The predicted octanol–water partition coefficient (Wildman–Crippen LogP) is 3.79. The molecule has 0 saturated heterocycles. The fraction of sp³-hybridized carbons (Fsp3) is 0.150. The van der Waals surface area contributed by atoms with Gasteiger partial charge in [0.25, 0.3) is 0 Å². The highest BCUT2D eigenvalue weighted by molar-refractivity contribution is 5.82. The van der Waals surface area contributed by atoms with E-state index >= 15 is 0 Å². The maximum absolute atomic E-state index is 13.8. The average Bonchev–Trinajstić information content (AvgIpc) is 3.37. The van der Waals surface area contributed by atoms with Gasteiger partial charge in [-0.3, -0.25) is 4.57 Å². The standard InChI is InChI=1S/C20H17FN8/c1-2-14(27-18-16-17(24-10-23-16)25-11-26-18)20-28-15-8-12(21)9-22-19(15)29(20)13-6-4-3-5-7-13/h3-11,14H,2H2,1H3,(H2,23,24,25,26,27)/t14-/m0/s1. The van der Waals surface area contributed by atoms with Gasteiger partial charge in [-0.1, -0.05) is 25.1 Å². The zero-order valence-electron chi connectivity index (χ0n) is 15.5. The molecule has 0 fully saturated rings. The molecule has 29 heavy (non-hydrogen) atoms. The normalized spacial score (nSPS) is 12.5. The lowest BCUT2D eigenvalue weighted by molar-refractivity contribution is 0.623. The molecule has 4 heterocycles. The number of halogens is 1. The van der Waals surface area contributed by atoms with Gasteiger partial charge in [-0.25, -0.2) is 29.3 Å². The molecule has 144 valence electrons. The highest BCUT2D eigenvalue weighted by Gasteiger charge is 2.22. The largest absolute Gasteiger partial charge is 0.358 e. The Balaban J connectivity index is 1.67. The maximum Gasteiger partial charge on any atom is 0.164 e. The van der Waals surface area contributed by atoms with E-state index in [4.69, 9.17) is 4.98 Å². The molecule has 8 nitrogen and oxygen atoms in total. The van der Waals surface area contributed by atoms with E-state index in [-0.39, 0.29) is 6.04 Å². The first-order valence-corrected chi connectivity index (χ1v) is 9.24. The minimum atomic E-state index is -0.420. The molecular weight excluding hydrogens is 371 g/mol. The lowest BCUT2D eigenvalue weighted by Gasteiger charge is -2.19. The lowest BCUT2D eigenvalue weighted by atomic mass is 10.2. The van der Waals surface area contributed by atoms with Gasteiger partial charge in [-0.05, 0) is 18.6 Å². The molecule has 0 saturated carbocycles. The van der Waals surface area contributed by atoms with Crippen LogP contribution in [-0.2, 0) is 0 Å². The van der Waals surface area contributed by atoms with Gasteiger partial charge < -0.3 is 10.3 Å². The van der Waals surface area contributed by atoms with Crippen LogP contribution in [0.2, 0.25) is 0 Å². The van der Waals surface area contributed by atoms with E-state index < -0.39 is 5.82 Å². The van der Waals surface area contributed by atoms with Gasteiger partial charge in [-0.15, -0.1) is 0 Å². The third-order valence-electron chi connectivity index (χ3n) is 4.75. The predicted molar refractivity (Wildman–Crippen MR) is 107 cm³/mol. The molecule has 0 amide bonds. The van der Waals surface area contributed by atoms with E-state index in [2.05, 4.69) is 30.2 Å². The molecular formula is C20H17FN8. The van der Waals surface area contributed by atoms with Gasteiger partial charge in [0.05, 0.1) is 18.6 Å². The number of pyridine rings is 1. The minimum Gasteiger partial charge on any atom is -0.358 e. The number of rotatable bonds is 5. The number of H-pyrrole nitrogens is 1. The second-order valence-corrected chi connectivity index (χ2v) is 6.56. The molecule has 0 radical (unpaired) electrons. The Morgan fingerprint density at radius 3 is 2.83 bits per heavy atom. The van der Waals surface area contributed by atoms with Crippen molar-refractivity contribution in [1.29, 1.82) is 0 Å². The molecule has 5 rings (SSSR count). The highest BCUT2D eigenvalue weighted by atomic mass is 19.1. The summed E-state index contributed by atoms with van der Waals surface area (Å²) in [6.45, 7) is 2.04. The van der Waals surface area contributed by atoms with Crippen molar-refractivity contribution in [2.75, 3.05) is 5.32 Å². The summed E-state index contributed by atoms with van der Waals surface area (Å²) >= 11 is 0. The third-order valence-corrected chi connectivity index (χ3v) is 4.75. The minimum absolute atomic E-state index is 0.206. The summed E-state index contributed by atoms with van der Waals surface area (Å²) in [5, 5.41) is 3.42. The van der Waals surface area contributed by atoms with Gasteiger partial charge >= 0.3 is 0 Å². The van der Waals surface area contributed by atoms with Crippen molar-refractivity contribution in [2.45, 2.75) is 19.4 Å². The Morgan fingerprint density at radius 1 is 1.14 bits per heavy atom. The number of nitrogens with zero attached hydrogens (tertiary/aromatic N) is 6. The average molecular weight is 388 g/mol. The fourth-order valence-corrected chi connectivity index (χ4v) is 3.41. The van der Waals surface area contributed by atoms with Crippen LogP contribution in [0.3, 0.4) is 0 Å². The molecule has 5 aromatic rings. The zero-order valence-corrected chi connectivity index (χ0v) is 15.5. The summed E-state index contributed by atoms with van der Waals surface area (Å²) in [4.78, 5) is 24.8. The van der Waals surface area contributed by atoms with Gasteiger partial charge in [0.1, 0.15) is 29.0 Å². The molecule has 4 aromatic heterocycles. The monoisotopic (exact) mass is 388 g/mol. The van der Waals surface area contributed by atoms with E-state index in [9.17, 15) is 4.39 Å². The van der Waals surface area contributed by atoms with Crippen LogP contribution in [0.25, 0.3) is 28.0 Å². The second-order valence-electron chi connectivity index (χ2n) is 6.56. The molecule has 0 spiro atoms. The van der Waals surface area contributed by atoms with Crippen LogP contribution in [-0.4, -0.2) is 34.5 Å². The van der Waals surface area contributed by atoms with Crippen LogP contribution in [0.1, 0.15) is 25.2 Å². The first kappa shape index (κ1) is 17.2. The van der Waals surface area contributed by atoms with Crippen LogP contribution in [0.5, 0.6) is 0 Å². The van der Waals surface area contributed by atoms with Gasteiger partial charge in [0.15, 0.2) is 17.1 Å². The lowest BCUT2D eigenvalue weighted by Crippen LogP contribution is -2.16. The molecule has 2 N–H and O–H groups in total. The number of nitrogens with one attached hydrogen (secondary N) is 2. The number of aromatic nitrogens is 7. The van der Waals surface area contributed by atoms with Crippen LogP contribution in [0.15, 0.2) is 55.2 Å². The van der Waals surface area contributed by atoms with Crippen molar-refractivity contribution in [3.05, 3.63) is 66.9 Å². The van der Waals surface area contributed by atoms with Crippen molar-refractivity contribution in [3.8, 4) is 5.69 Å². The molecule has 9 heteroatoms. The quantitative estimate of drug-likeness (QED) is 0.475. The van der Waals surface area contributed by atoms with Crippen molar-refractivity contribution >= 4 is 28.1 Å². The molecule has 0 aliphatic rings. The SMILES string of the molecule is CC[C@H](Nc1ncnc2[nH]cnc12)c1nc2cc(F)cnc2n1-c1ccccc1. The number of fused-ring (bicyclic) bond motifs is 2. The Morgan fingerprint density at radius 2 is 2.00 bits per heavy atom. The Kier molecular flexibility index (Phi) is 4.12. The Hall–Kier alpha value is -3.88. The van der Waals surface area contributed by atoms with Crippen molar-refractivity contribution in [3.63, 3.8) is 0 Å². The van der Waals surface area contributed by atoms with Crippen molar-refractivity contribution in [1.82, 2.24) is 34.5 Å². The van der Waals surface area contributed by atoms with E-state index in [0.29, 0.717) is 40.4 Å². The van der Waals surface area contributed by atoms with Crippen molar-refractivity contribution in [2.24, 2.45) is 0 Å². The summed E-state index contributed by atoms with van der Waals surface area (Å²) in [6, 6.07) is 11.0. The smallest absolute Gasteiger partial charge is 0.164 e. The van der Waals surface area contributed by atoms with E-state index in [1.165, 1.54) is 18.6 Å². The van der Waals surface area contributed by atoms with E-state index in [1.807, 2.05) is 41.8 Å². The van der Waals surface area contributed by atoms with Crippen LogP contribution < -0.4 is 5.32 Å². The number of hydrogen-bond acceptors (Lipinski definition) is 6. The molecule has 0 unspecified atom stereocenters. The molecule has 1 aromatic carbocycles. The van der Waals surface area contributed by atoms with Crippen molar-refractivity contribution < 1.29 is 4.39 Å². The van der Waals surface area contributed by atoms with Crippen LogP contribution in [0, 0.1) is 5.82 Å². The molecule has 0 aliphatic heterocycles. The Labute approximate surface area is 164 Å². The van der Waals surface area contributed by atoms with E-state index in [1.54, 1.807) is 6.33 Å². The molecule has 0 aliphatic carbocycles. The summed E-state index contributed by atoms with van der Waals surface area (Å²) < 4.78 is 15.7. The summed E-state index contributed by atoms with van der Waals surface area (Å²) in [5.74, 6) is 0.903. The maximum atomic E-state index is 13.8. The number of hydrogen-bond donors (Lipinski definition) is 2. The molecule has 1 atom stereocenters.